The fraction of sp³-hybridized carbons (Fsp3) is 0.400. The Morgan fingerprint density at radius 1 is 0.939 bits per heavy atom. The number of amides is 2. The first-order chi connectivity index (χ1) is 15.8. The first-order valence-corrected chi connectivity index (χ1v) is 12.6. The van der Waals surface area contributed by atoms with Gasteiger partial charge in [0.1, 0.15) is 12.6 Å². The van der Waals surface area contributed by atoms with Gasteiger partial charge in [0, 0.05) is 5.02 Å². The van der Waals surface area contributed by atoms with Crippen molar-refractivity contribution in [3.05, 3.63) is 70.7 Å². The van der Waals surface area contributed by atoms with Crippen molar-refractivity contribution >= 4 is 41.1 Å². The number of alkyl carbamates (subject to hydrolysis) is 1. The molecule has 2 amide bonds. The molecule has 8 heteroatoms. The molecule has 0 aromatic heterocycles. The molecule has 2 rings (SSSR count). The van der Waals surface area contributed by atoms with Gasteiger partial charge in [0.15, 0.2) is 5.78 Å². The van der Waals surface area contributed by atoms with Gasteiger partial charge in [-0.25, -0.2) is 4.79 Å². The molecule has 178 valence electrons. The number of hydrogen-bond acceptors (Lipinski definition) is 5. The van der Waals surface area contributed by atoms with Gasteiger partial charge in [-0.05, 0) is 48.3 Å². The third-order valence-electron chi connectivity index (χ3n) is 4.87. The molecule has 2 atom stereocenters. The van der Waals surface area contributed by atoms with E-state index < -0.39 is 24.1 Å². The van der Waals surface area contributed by atoms with Crippen LogP contribution in [0.3, 0.4) is 0 Å². The molecule has 0 bridgehead atoms. The van der Waals surface area contributed by atoms with E-state index in [1.54, 1.807) is 12.1 Å². The highest BCUT2D eigenvalue weighted by Crippen LogP contribution is 2.13. The van der Waals surface area contributed by atoms with Gasteiger partial charge in [-0.3, -0.25) is 9.59 Å². The van der Waals surface area contributed by atoms with Crippen molar-refractivity contribution in [2.45, 2.75) is 45.4 Å². The van der Waals surface area contributed by atoms with Crippen molar-refractivity contribution in [1.82, 2.24) is 10.6 Å². The van der Waals surface area contributed by atoms with Crippen LogP contribution < -0.4 is 10.6 Å². The lowest BCUT2D eigenvalue weighted by atomic mass is 10.00. The summed E-state index contributed by atoms with van der Waals surface area (Å²) in [7, 11) is 0. The molecule has 2 aromatic carbocycles. The summed E-state index contributed by atoms with van der Waals surface area (Å²) in [6, 6.07) is 14.9. The van der Waals surface area contributed by atoms with Gasteiger partial charge in [-0.1, -0.05) is 67.9 Å². The summed E-state index contributed by atoms with van der Waals surface area (Å²) in [5.74, 6) is -0.0683. The smallest absolute Gasteiger partial charge is 0.408 e. The highest BCUT2D eigenvalue weighted by molar-refractivity contribution is 7.99. The second kappa shape index (κ2) is 13.9. The first-order valence-electron chi connectivity index (χ1n) is 10.8. The molecule has 0 unspecified atom stereocenters. The SMILES string of the molecule is CSCC(=O)[C@H](Cc1ccc(Cl)cc1)NC(=O)[C@H](CC(C)C)NC(=O)OCc1ccccc1. The summed E-state index contributed by atoms with van der Waals surface area (Å²) in [6.07, 6.45) is 1.92. The first kappa shape index (κ1) is 26.7. The van der Waals surface area contributed by atoms with Gasteiger partial charge in [0.2, 0.25) is 5.91 Å². The molecule has 2 N–H and O–H groups in total. The van der Waals surface area contributed by atoms with Gasteiger partial charge in [-0.2, -0.15) is 11.8 Å². The molecule has 0 aliphatic carbocycles. The van der Waals surface area contributed by atoms with Crippen molar-refractivity contribution in [3.63, 3.8) is 0 Å². The van der Waals surface area contributed by atoms with Gasteiger partial charge in [-0.15, -0.1) is 0 Å². The molecule has 0 aliphatic rings. The number of Topliss-reactive ketones (excluding diaryl/α,β-unsaturated/α-hetero) is 1. The van der Waals surface area contributed by atoms with Crippen LogP contribution in [0.15, 0.2) is 54.6 Å². The summed E-state index contributed by atoms with van der Waals surface area (Å²) in [4.78, 5) is 38.2. The molecule has 33 heavy (non-hydrogen) atoms. The zero-order chi connectivity index (χ0) is 24.2. The van der Waals surface area contributed by atoms with Gasteiger partial charge in [0.25, 0.3) is 0 Å². The molecular formula is C25H31ClN2O4S. The number of nitrogens with one attached hydrogen (secondary N) is 2. The normalized spacial score (nSPS) is 12.6. The Hall–Kier alpha value is -2.51. The van der Waals surface area contributed by atoms with Crippen molar-refractivity contribution in [3.8, 4) is 0 Å². The third-order valence-corrected chi connectivity index (χ3v) is 5.70. The van der Waals surface area contributed by atoms with E-state index in [0.717, 1.165) is 11.1 Å². The quantitative estimate of drug-likeness (QED) is 0.452. The molecule has 6 nitrogen and oxygen atoms in total. The Kier molecular flexibility index (Phi) is 11.3. The lowest BCUT2D eigenvalue weighted by Crippen LogP contribution is -2.53. The van der Waals surface area contributed by atoms with Crippen LogP contribution in [0.1, 0.15) is 31.4 Å². The van der Waals surface area contributed by atoms with Crippen molar-refractivity contribution in [1.29, 1.82) is 0 Å². The maximum atomic E-state index is 13.1. The number of hydrogen-bond donors (Lipinski definition) is 2. The molecule has 0 fully saturated rings. The Labute approximate surface area is 204 Å². The van der Waals surface area contributed by atoms with E-state index in [-0.39, 0.29) is 24.1 Å². The van der Waals surface area contributed by atoms with Crippen LogP contribution in [0, 0.1) is 5.92 Å². The fourth-order valence-corrected chi connectivity index (χ4v) is 3.84. The topological polar surface area (TPSA) is 84.5 Å². The lowest BCUT2D eigenvalue weighted by Gasteiger charge is -2.24. The number of ketones is 1. The van der Waals surface area contributed by atoms with Crippen molar-refractivity contribution in [2.24, 2.45) is 5.92 Å². The summed E-state index contributed by atoms with van der Waals surface area (Å²) in [6.45, 7) is 4.02. The van der Waals surface area contributed by atoms with Crippen molar-refractivity contribution in [2.75, 3.05) is 12.0 Å². The van der Waals surface area contributed by atoms with Crippen LogP contribution in [0.2, 0.25) is 5.02 Å². The number of rotatable bonds is 12. The van der Waals surface area contributed by atoms with E-state index in [0.29, 0.717) is 17.9 Å². The Morgan fingerprint density at radius 3 is 2.21 bits per heavy atom. The van der Waals surface area contributed by atoms with Crippen LogP contribution >= 0.6 is 23.4 Å². The molecule has 0 heterocycles. The molecular weight excluding hydrogens is 460 g/mol. The summed E-state index contributed by atoms with van der Waals surface area (Å²) in [5.41, 5.74) is 1.73. The highest BCUT2D eigenvalue weighted by atomic mass is 35.5. The van der Waals surface area contributed by atoms with Gasteiger partial charge < -0.3 is 15.4 Å². The molecule has 0 saturated heterocycles. The molecule has 0 aliphatic heterocycles. The number of thioether (sulfide) groups is 1. The predicted octanol–water partition coefficient (Wildman–Crippen LogP) is 4.64. The highest BCUT2D eigenvalue weighted by Gasteiger charge is 2.27. The molecule has 0 saturated carbocycles. The number of carbonyl (C=O) groups excluding carboxylic acids is 3. The number of halogens is 1. The largest absolute Gasteiger partial charge is 0.445 e. The van der Waals surface area contributed by atoms with Crippen LogP contribution in [0.4, 0.5) is 4.79 Å². The Bertz CT molecular complexity index is 906. The average Bonchev–Trinajstić information content (AvgIpc) is 2.78. The summed E-state index contributed by atoms with van der Waals surface area (Å²) in [5, 5.41) is 6.10. The van der Waals surface area contributed by atoms with Crippen LogP contribution in [-0.2, 0) is 27.4 Å². The van der Waals surface area contributed by atoms with E-state index in [1.807, 2.05) is 62.6 Å². The van der Waals surface area contributed by atoms with Gasteiger partial charge in [0.05, 0.1) is 11.8 Å². The molecule has 0 spiro atoms. The minimum absolute atomic E-state index is 0.0826. The van der Waals surface area contributed by atoms with Crippen molar-refractivity contribution < 1.29 is 19.1 Å². The Morgan fingerprint density at radius 2 is 1.61 bits per heavy atom. The second-order valence-corrected chi connectivity index (χ2v) is 9.48. The monoisotopic (exact) mass is 490 g/mol. The maximum absolute atomic E-state index is 13.1. The van der Waals surface area contributed by atoms with Crippen LogP contribution in [-0.4, -0.2) is 41.9 Å². The zero-order valence-corrected chi connectivity index (χ0v) is 20.7. The third kappa shape index (κ3) is 9.88. The molecule has 0 radical (unpaired) electrons. The van der Waals surface area contributed by atoms with E-state index in [9.17, 15) is 14.4 Å². The second-order valence-electron chi connectivity index (χ2n) is 8.18. The standard InChI is InChI=1S/C25H31ClN2O4S/c1-17(2)13-22(28-25(31)32-15-19-7-5-4-6-8-19)24(30)27-21(23(29)16-33-3)14-18-9-11-20(26)12-10-18/h4-12,17,21-22H,13-16H2,1-3H3,(H,27,30)(H,28,31)/t21-,22-/m0/s1. The Balaban J connectivity index is 2.05. The van der Waals surface area contributed by atoms with E-state index in [2.05, 4.69) is 10.6 Å². The van der Waals surface area contributed by atoms with E-state index in [4.69, 9.17) is 16.3 Å². The minimum Gasteiger partial charge on any atom is -0.445 e. The average molecular weight is 491 g/mol. The number of carbonyl (C=O) groups is 3. The zero-order valence-electron chi connectivity index (χ0n) is 19.2. The van der Waals surface area contributed by atoms with Crippen LogP contribution in [0.5, 0.6) is 0 Å². The number of benzene rings is 2. The minimum atomic E-state index is -0.817. The predicted molar refractivity (Wildman–Crippen MR) is 133 cm³/mol. The summed E-state index contributed by atoms with van der Waals surface area (Å²) < 4.78 is 5.28. The summed E-state index contributed by atoms with van der Waals surface area (Å²) >= 11 is 7.36. The fourth-order valence-electron chi connectivity index (χ4n) is 3.23. The van der Waals surface area contributed by atoms with Crippen LogP contribution in [0.25, 0.3) is 0 Å². The maximum Gasteiger partial charge on any atom is 0.408 e. The lowest BCUT2D eigenvalue weighted by molar-refractivity contribution is -0.128. The van der Waals surface area contributed by atoms with E-state index >= 15 is 0 Å². The van der Waals surface area contributed by atoms with Gasteiger partial charge >= 0.3 is 6.09 Å². The number of ether oxygens (including phenoxy) is 1. The van der Waals surface area contributed by atoms with E-state index in [1.165, 1.54) is 11.8 Å². The molecule has 2 aromatic rings.